The number of β-lactam (4-membered cyclic amide) rings is 1. The molecule has 0 spiro atoms. The Kier molecular flexibility index (Phi) is 8.08. The number of fused-ring (bicyclic) bond motifs is 1. The molecule has 0 bridgehead atoms. The zero-order chi connectivity index (χ0) is 25.9. The minimum atomic E-state index is -1.05. The number of rotatable bonds is 8. The second-order valence-electron chi connectivity index (χ2n) is 8.87. The summed E-state index contributed by atoms with van der Waals surface area (Å²) in [6.45, 7) is 3.87. The number of carbonyl (C=O) groups is 4. The SMILES string of the molecule is CC1(C)S[C@@H]2C(NC(=O)C(NC(=O)OCI)c3ccccc3)C(=O)N2[C@H]1C(=O)OCc1ccccc1. The van der Waals surface area contributed by atoms with Crippen LogP contribution < -0.4 is 10.6 Å². The van der Waals surface area contributed by atoms with Crippen LogP contribution in [0.5, 0.6) is 0 Å². The molecule has 2 aliphatic rings. The van der Waals surface area contributed by atoms with E-state index < -0.39 is 46.2 Å². The lowest BCUT2D eigenvalue weighted by Gasteiger charge is -2.44. The number of nitrogens with one attached hydrogen (secondary N) is 2. The highest BCUT2D eigenvalue weighted by Crippen LogP contribution is 2.51. The number of alkyl halides is 1. The number of hydrogen-bond acceptors (Lipinski definition) is 7. The highest BCUT2D eigenvalue weighted by atomic mass is 127. The minimum absolute atomic E-state index is 0.113. The molecule has 2 aromatic rings. The second-order valence-corrected chi connectivity index (χ2v) is 11.3. The molecule has 2 heterocycles. The van der Waals surface area contributed by atoms with Crippen LogP contribution >= 0.6 is 34.4 Å². The smallest absolute Gasteiger partial charge is 0.408 e. The zero-order valence-electron chi connectivity index (χ0n) is 19.7. The van der Waals surface area contributed by atoms with Crippen LogP contribution in [0, 0.1) is 0 Å². The van der Waals surface area contributed by atoms with E-state index in [-0.39, 0.29) is 17.1 Å². The van der Waals surface area contributed by atoms with E-state index in [4.69, 9.17) is 9.47 Å². The predicted molar refractivity (Wildman–Crippen MR) is 142 cm³/mol. The zero-order valence-corrected chi connectivity index (χ0v) is 22.7. The van der Waals surface area contributed by atoms with Crippen LogP contribution in [0.2, 0.25) is 0 Å². The van der Waals surface area contributed by atoms with E-state index in [1.54, 1.807) is 30.3 Å². The van der Waals surface area contributed by atoms with E-state index in [2.05, 4.69) is 10.6 Å². The number of alkyl carbamates (subject to hydrolysis) is 1. The minimum Gasteiger partial charge on any atom is -0.459 e. The number of thioether (sulfide) groups is 1. The molecule has 3 amide bonds. The van der Waals surface area contributed by atoms with Crippen LogP contribution in [0.15, 0.2) is 60.7 Å². The van der Waals surface area contributed by atoms with Gasteiger partial charge in [0.2, 0.25) is 11.8 Å². The monoisotopic (exact) mass is 623 g/mol. The molecule has 2 aromatic carbocycles. The third-order valence-corrected chi connectivity index (χ3v) is 7.91. The number of amides is 3. The Morgan fingerprint density at radius 3 is 2.33 bits per heavy atom. The Morgan fingerprint density at radius 1 is 1.06 bits per heavy atom. The lowest BCUT2D eigenvalue weighted by molar-refractivity contribution is -0.165. The van der Waals surface area contributed by atoms with Crippen molar-refractivity contribution in [3.63, 3.8) is 0 Å². The normalized spacial score (nSPS) is 22.6. The Bertz CT molecular complexity index is 1130. The Balaban J connectivity index is 1.44. The van der Waals surface area contributed by atoms with Gasteiger partial charge in [-0.25, -0.2) is 9.59 Å². The number of halogens is 1. The molecule has 2 aliphatic heterocycles. The van der Waals surface area contributed by atoms with Crippen molar-refractivity contribution in [3.8, 4) is 0 Å². The van der Waals surface area contributed by atoms with Gasteiger partial charge in [0.1, 0.15) is 34.7 Å². The molecule has 36 heavy (non-hydrogen) atoms. The van der Waals surface area contributed by atoms with Crippen molar-refractivity contribution in [1.82, 2.24) is 15.5 Å². The van der Waals surface area contributed by atoms with E-state index in [0.717, 1.165) is 5.56 Å². The summed E-state index contributed by atoms with van der Waals surface area (Å²) in [6.07, 6.45) is -0.743. The van der Waals surface area contributed by atoms with Crippen molar-refractivity contribution in [2.75, 3.05) is 4.61 Å². The Labute approximate surface area is 226 Å². The standard InChI is InChI=1S/C25H26IN3O6S/c1-25(2)19(23(32)34-13-15-9-5-3-6-10-15)29-21(31)18(22(29)36-25)27-20(30)17(28-24(33)35-14-26)16-11-7-4-8-12-16/h3-12,17-19,22H,13-14H2,1-2H3,(H,27,30)(H,28,33)/t17?,18?,19-,22+/m0/s1. The fraction of sp³-hybridized carbons (Fsp3) is 0.360. The molecule has 2 unspecified atom stereocenters. The molecular weight excluding hydrogens is 597 g/mol. The summed E-state index contributed by atoms with van der Waals surface area (Å²) in [6, 6.07) is 15.4. The first kappa shape index (κ1) is 26.3. The van der Waals surface area contributed by atoms with Gasteiger partial charge in [-0.3, -0.25) is 9.59 Å². The van der Waals surface area contributed by atoms with Gasteiger partial charge in [-0.05, 0) is 47.6 Å². The first-order chi connectivity index (χ1) is 17.2. The molecule has 0 radical (unpaired) electrons. The van der Waals surface area contributed by atoms with E-state index >= 15 is 0 Å². The third-order valence-electron chi connectivity index (χ3n) is 6.03. The van der Waals surface area contributed by atoms with Crippen LogP contribution in [0.4, 0.5) is 4.79 Å². The van der Waals surface area contributed by atoms with Crippen molar-refractivity contribution in [1.29, 1.82) is 0 Å². The summed E-state index contributed by atoms with van der Waals surface area (Å²) in [4.78, 5) is 52.9. The van der Waals surface area contributed by atoms with Gasteiger partial charge in [-0.2, -0.15) is 0 Å². The molecule has 4 atom stereocenters. The van der Waals surface area contributed by atoms with Gasteiger partial charge in [0, 0.05) is 4.75 Å². The molecule has 11 heteroatoms. The van der Waals surface area contributed by atoms with Crippen LogP contribution in [-0.4, -0.2) is 55.6 Å². The summed E-state index contributed by atoms with van der Waals surface area (Å²) < 4.78 is 9.97. The summed E-state index contributed by atoms with van der Waals surface area (Å²) in [7, 11) is 0. The first-order valence-electron chi connectivity index (χ1n) is 11.3. The number of ether oxygens (including phenoxy) is 2. The fourth-order valence-electron chi connectivity index (χ4n) is 4.33. The average Bonchev–Trinajstić information content (AvgIpc) is 3.13. The largest absolute Gasteiger partial charge is 0.459 e. The molecule has 2 saturated heterocycles. The second kappa shape index (κ2) is 11.1. The van der Waals surface area contributed by atoms with Gasteiger partial charge in [0.15, 0.2) is 0 Å². The number of carbonyl (C=O) groups excluding carboxylic acids is 4. The van der Waals surface area contributed by atoms with Gasteiger partial charge >= 0.3 is 12.1 Å². The molecule has 0 aromatic heterocycles. The third kappa shape index (κ3) is 5.46. The van der Waals surface area contributed by atoms with Crippen LogP contribution in [0.3, 0.4) is 0 Å². The van der Waals surface area contributed by atoms with Gasteiger partial charge in [-0.15, -0.1) is 11.8 Å². The van der Waals surface area contributed by atoms with E-state index in [0.29, 0.717) is 5.56 Å². The topological polar surface area (TPSA) is 114 Å². The number of benzene rings is 2. The van der Waals surface area contributed by atoms with E-state index in [1.165, 1.54) is 16.7 Å². The van der Waals surface area contributed by atoms with Crippen LogP contribution in [-0.2, 0) is 30.5 Å². The Hall–Kier alpha value is -2.80. The highest BCUT2D eigenvalue weighted by molar-refractivity contribution is 14.1. The fourth-order valence-corrected chi connectivity index (χ4v) is 6.23. The Morgan fingerprint density at radius 2 is 1.69 bits per heavy atom. The van der Waals surface area contributed by atoms with Crippen molar-refractivity contribution in [2.24, 2.45) is 0 Å². The molecule has 9 nitrogen and oxygen atoms in total. The van der Waals surface area contributed by atoms with Crippen LogP contribution in [0.1, 0.15) is 31.0 Å². The van der Waals surface area contributed by atoms with Crippen molar-refractivity contribution in [3.05, 3.63) is 71.8 Å². The van der Waals surface area contributed by atoms with Crippen LogP contribution in [0.25, 0.3) is 0 Å². The molecular formula is C25H26IN3O6S. The van der Waals surface area contributed by atoms with Crippen molar-refractivity contribution < 1.29 is 28.7 Å². The van der Waals surface area contributed by atoms with E-state index in [9.17, 15) is 19.2 Å². The first-order valence-corrected chi connectivity index (χ1v) is 13.7. The summed E-state index contributed by atoms with van der Waals surface area (Å²) in [5.41, 5.74) is 1.40. The maximum Gasteiger partial charge on any atom is 0.408 e. The highest BCUT2D eigenvalue weighted by Gasteiger charge is 2.64. The lowest BCUT2D eigenvalue weighted by atomic mass is 9.95. The lowest BCUT2D eigenvalue weighted by Crippen LogP contribution is -2.71. The van der Waals surface area contributed by atoms with Crippen molar-refractivity contribution in [2.45, 2.75) is 48.7 Å². The summed E-state index contributed by atoms with van der Waals surface area (Å²) >= 11 is 3.32. The number of esters is 1. The average molecular weight is 623 g/mol. The quantitative estimate of drug-likeness (QED) is 0.201. The van der Waals surface area contributed by atoms with E-state index in [1.807, 2.05) is 66.8 Å². The maximum atomic E-state index is 13.2. The molecule has 4 rings (SSSR count). The van der Waals surface area contributed by atoms with Gasteiger partial charge < -0.3 is 25.0 Å². The van der Waals surface area contributed by atoms with Gasteiger partial charge in [-0.1, -0.05) is 60.7 Å². The van der Waals surface area contributed by atoms with Gasteiger partial charge in [0.25, 0.3) is 0 Å². The molecule has 190 valence electrons. The molecule has 2 fully saturated rings. The van der Waals surface area contributed by atoms with Gasteiger partial charge in [0.05, 0.1) is 0 Å². The molecule has 0 saturated carbocycles. The number of nitrogens with zero attached hydrogens (tertiary/aromatic N) is 1. The van der Waals surface area contributed by atoms with Crippen molar-refractivity contribution >= 4 is 58.2 Å². The molecule has 2 N–H and O–H groups in total. The predicted octanol–water partition coefficient (Wildman–Crippen LogP) is 3.14. The maximum absolute atomic E-state index is 13.2. The number of hydrogen-bond donors (Lipinski definition) is 2. The molecule has 0 aliphatic carbocycles. The summed E-state index contributed by atoms with van der Waals surface area (Å²) in [5, 5.41) is 4.89. The summed E-state index contributed by atoms with van der Waals surface area (Å²) in [5.74, 6) is -1.39.